The van der Waals surface area contributed by atoms with E-state index in [0.717, 1.165) is 18.4 Å². The molecule has 0 aliphatic heterocycles. The normalized spacial score (nSPS) is 19.4. The first-order valence-corrected chi connectivity index (χ1v) is 11.0. The second-order valence-corrected chi connectivity index (χ2v) is 8.94. The fourth-order valence-corrected chi connectivity index (χ4v) is 3.62. The van der Waals surface area contributed by atoms with E-state index >= 15 is 0 Å². The smallest absolute Gasteiger partial charge is 0.320 e. The van der Waals surface area contributed by atoms with E-state index in [4.69, 9.17) is 10.8 Å². The zero-order valence-electron chi connectivity index (χ0n) is 19.4. The molecule has 0 spiro atoms. The highest BCUT2D eigenvalue weighted by atomic mass is 16.4. The Balaban J connectivity index is 2.45. The second-order valence-electron chi connectivity index (χ2n) is 8.94. The minimum absolute atomic E-state index is 0.274. The van der Waals surface area contributed by atoms with Gasteiger partial charge in [0.05, 0.1) is 0 Å². The molecule has 3 N–H and O–H groups in total. The molecule has 0 amide bonds. The third-order valence-electron chi connectivity index (χ3n) is 5.59. The van der Waals surface area contributed by atoms with Gasteiger partial charge in [0.2, 0.25) is 0 Å². The van der Waals surface area contributed by atoms with E-state index in [1.54, 1.807) is 0 Å². The van der Waals surface area contributed by atoms with Crippen LogP contribution in [-0.4, -0.2) is 29.9 Å². The molecule has 30 heavy (non-hydrogen) atoms. The van der Waals surface area contributed by atoms with Gasteiger partial charge < -0.3 is 10.8 Å². The molecule has 1 aliphatic rings. The van der Waals surface area contributed by atoms with Crippen molar-refractivity contribution in [2.24, 2.45) is 16.1 Å². The zero-order valence-corrected chi connectivity index (χ0v) is 19.4. The molecule has 4 heteroatoms. The number of allylic oxidation sites excluding steroid dienone is 10. The van der Waals surface area contributed by atoms with Crippen LogP contribution in [0.1, 0.15) is 73.1 Å². The largest absolute Gasteiger partial charge is 0.480 e. The molecule has 0 aromatic carbocycles. The summed E-state index contributed by atoms with van der Waals surface area (Å²) in [6.45, 7) is 11.8. The van der Waals surface area contributed by atoms with Gasteiger partial charge in [0, 0.05) is 12.8 Å². The number of unbranched alkanes of at least 4 members (excludes halogenated alkanes) is 1. The number of nitrogens with two attached hydrogens (primary N) is 1. The molecule has 0 heterocycles. The molecule has 1 aliphatic carbocycles. The van der Waals surface area contributed by atoms with Crippen molar-refractivity contribution in [1.29, 1.82) is 0 Å². The van der Waals surface area contributed by atoms with E-state index in [0.29, 0.717) is 13.0 Å². The maximum absolute atomic E-state index is 10.6. The molecular formula is C26H40N2O2. The van der Waals surface area contributed by atoms with Crippen molar-refractivity contribution < 1.29 is 9.90 Å². The van der Waals surface area contributed by atoms with Crippen LogP contribution in [0, 0.1) is 5.41 Å². The SMILES string of the molecule is CC(C=CC1=C(C)CCCC1(C)C)=CC=CC(C)=CC=NCCCC[C@H](N)C(=O)O. The van der Waals surface area contributed by atoms with Crippen LogP contribution >= 0.6 is 0 Å². The lowest BCUT2D eigenvalue weighted by Gasteiger charge is -2.32. The highest BCUT2D eigenvalue weighted by molar-refractivity contribution is 5.73. The number of carboxylic acids is 1. The Morgan fingerprint density at radius 2 is 1.90 bits per heavy atom. The summed E-state index contributed by atoms with van der Waals surface area (Å²) in [5, 5.41) is 8.73. The Hall–Kier alpha value is -2.20. The van der Waals surface area contributed by atoms with Crippen LogP contribution in [-0.2, 0) is 4.79 Å². The summed E-state index contributed by atoms with van der Waals surface area (Å²) in [6.07, 6.45) is 20.5. The number of hydrogen-bond donors (Lipinski definition) is 2. The molecule has 0 saturated heterocycles. The Bertz CT molecular complexity index is 749. The van der Waals surface area contributed by atoms with Gasteiger partial charge in [-0.25, -0.2) is 0 Å². The van der Waals surface area contributed by atoms with Crippen LogP contribution in [0.3, 0.4) is 0 Å². The number of nitrogens with zero attached hydrogens (tertiary/aromatic N) is 1. The van der Waals surface area contributed by atoms with Crippen molar-refractivity contribution in [3.8, 4) is 0 Å². The van der Waals surface area contributed by atoms with Crippen molar-refractivity contribution in [3.05, 3.63) is 58.7 Å². The van der Waals surface area contributed by atoms with E-state index in [1.165, 1.54) is 36.0 Å². The molecule has 0 unspecified atom stereocenters. The maximum atomic E-state index is 10.6. The van der Waals surface area contributed by atoms with Gasteiger partial charge in [-0.2, -0.15) is 0 Å². The topological polar surface area (TPSA) is 75.7 Å². The molecule has 0 saturated carbocycles. The number of carboxylic acid groups (broad SMARTS) is 1. The predicted molar refractivity (Wildman–Crippen MR) is 129 cm³/mol. The van der Waals surface area contributed by atoms with Gasteiger partial charge in [0.25, 0.3) is 0 Å². The first-order chi connectivity index (χ1) is 14.1. The van der Waals surface area contributed by atoms with Crippen LogP contribution in [0.2, 0.25) is 0 Å². The Morgan fingerprint density at radius 1 is 1.20 bits per heavy atom. The highest BCUT2D eigenvalue weighted by Gasteiger charge is 2.26. The third-order valence-corrected chi connectivity index (χ3v) is 5.59. The molecular weight excluding hydrogens is 372 g/mol. The summed E-state index contributed by atoms with van der Waals surface area (Å²) in [7, 11) is 0. The van der Waals surface area contributed by atoms with Gasteiger partial charge in [0.1, 0.15) is 6.04 Å². The minimum atomic E-state index is -0.936. The Kier molecular flexibility index (Phi) is 11.3. The van der Waals surface area contributed by atoms with Gasteiger partial charge in [-0.05, 0) is 81.9 Å². The van der Waals surface area contributed by atoms with E-state index in [-0.39, 0.29) is 5.41 Å². The van der Waals surface area contributed by atoms with E-state index in [9.17, 15) is 4.79 Å². The van der Waals surface area contributed by atoms with Crippen molar-refractivity contribution in [3.63, 3.8) is 0 Å². The quantitative estimate of drug-likeness (QED) is 0.242. The average molecular weight is 413 g/mol. The number of carbonyl (C=O) groups is 1. The lowest BCUT2D eigenvalue weighted by atomic mass is 9.72. The summed E-state index contributed by atoms with van der Waals surface area (Å²) >= 11 is 0. The van der Waals surface area contributed by atoms with E-state index in [2.05, 4.69) is 63.1 Å². The zero-order chi connectivity index (χ0) is 22.6. The summed E-state index contributed by atoms with van der Waals surface area (Å²) in [6, 6.07) is -0.762. The van der Waals surface area contributed by atoms with Crippen LogP contribution in [0.5, 0.6) is 0 Å². The molecule has 0 bridgehead atoms. The van der Waals surface area contributed by atoms with Crippen LogP contribution in [0.4, 0.5) is 0 Å². The molecule has 0 fully saturated rings. The number of aliphatic carboxylic acids is 1. The minimum Gasteiger partial charge on any atom is -0.480 e. The monoisotopic (exact) mass is 412 g/mol. The van der Waals surface area contributed by atoms with Crippen LogP contribution in [0.25, 0.3) is 0 Å². The van der Waals surface area contributed by atoms with Crippen LogP contribution < -0.4 is 5.73 Å². The van der Waals surface area contributed by atoms with Gasteiger partial charge >= 0.3 is 5.97 Å². The molecule has 4 nitrogen and oxygen atoms in total. The molecule has 0 aromatic rings. The van der Waals surface area contributed by atoms with E-state index in [1.807, 2.05) is 19.2 Å². The van der Waals surface area contributed by atoms with Gasteiger partial charge in [-0.15, -0.1) is 0 Å². The first-order valence-electron chi connectivity index (χ1n) is 11.0. The first kappa shape index (κ1) is 25.8. The standard InChI is InChI=1S/C26H40N2O2/c1-20(14-15-23-22(3)12-9-17-26(23,4)5)10-8-11-21(2)16-19-28-18-7-6-13-24(27)25(29)30/h8,10-11,14-16,19,24H,6-7,9,12-13,17-18,27H2,1-5H3,(H,29,30)/t24-/m0/s1. The van der Waals surface area contributed by atoms with Crippen molar-refractivity contribution in [2.75, 3.05) is 6.54 Å². The van der Waals surface area contributed by atoms with Gasteiger partial charge in [0.15, 0.2) is 0 Å². The highest BCUT2D eigenvalue weighted by Crippen LogP contribution is 2.40. The third kappa shape index (κ3) is 10.0. The fraction of sp³-hybridized carbons (Fsp3) is 0.538. The Labute approximate surface area is 183 Å². The van der Waals surface area contributed by atoms with Crippen molar-refractivity contribution >= 4 is 12.2 Å². The summed E-state index contributed by atoms with van der Waals surface area (Å²) in [5.74, 6) is -0.936. The predicted octanol–water partition coefficient (Wildman–Crippen LogP) is 6.17. The summed E-state index contributed by atoms with van der Waals surface area (Å²) in [5.41, 5.74) is 11.1. The lowest BCUT2D eigenvalue weighted by molar-refractivity contribution is -0.138. The molecule has 0 radical (unpaired) electrons. The fourth-order valence-electron chi connectivity index (χ4n) is 3.62. The van der Waals surface area contributed by atoms with Gasteiger partial charge in [-0.1, -0.05) is 55.4 Å². The number of rotatable bonds is 11. The second kappa shape index (κ2) is 13.2. The molecule has 166 valence electrons. The number of aliphatic imine (C=N–C) groups is 1. The average Bonchev–Trinajstić information content (AvgIpc) is 2.66. The molecule has 1 rings (SSSR count). The molecule has 1 atom stereocenters. The molecule has 0 aromatic heterocycles. The van der Waals surface area contributed by atoms with Crippen molar-refractivity contribution in [1.82, 2.24) is 0 Å². The van der Waals surface area contributed by atoms with Gasteiger partial charge in [-0.3, -0.25) is 9.79 Å². The van der Waals surface area contributed by atoms with Crippen molar-refractivity contribution in [2.45, 2.75) is 79.2 Å². The maximum Gasteiger partial charge on any atom is 0.320 e. The number of hydrogen-bond acceptors (Lipinski definition) is 3. The van der Waals surface area contributed by atoms with Crippen LogP contribution in [0.15, 0.2) is 63.7 Å². The summed E-state index contributed by atoms with van der Waals surface area (Å²) < 4.78 is 0. The summed E-state index contributed by atoms with van der Waals surface area (Å²) in [4.78, 5) is 15.0. The lowest BCUT2D eigenvalue weighted by Crippen LogP contribution is -2.29. The Morgan fingerprint density at radius 3 is 2.57 bits per heavy atom. The van der Waals surface area contributed by atoms with E-state index < -0.39 is 12.0 Å².